The van der Waals surface area contributed by atoms with Crippen molar-refractivity contribution in [2.24, 2.45) is 5.41 Å². The Morgan fingerprint density at radius 1 is 0.673 bits per heavy atom. The molecule has 5 aromatic carbocycles. The van der Waals surface area contributed by atoms with E-state index in [2.05, 4.69) is 10.6 Å². The van der Waals surface area contributed by atoms with Crippen LogP contribution in [0.1, 0.15) is 79.9 Å². The van der Waals surface area contributed by atoms with E-state index >= 15 is 9.18 Å². The van der Waals surface area contributed by atoms with Crippen LogP contribution in [0.25, 0.3) is 0 Å². The second kappa shape index (κ2) is 35.2. The SMILES string of the molecule is COc1ccc(CC[C@H]2OC(=O)[C@@H]3CCCCN3C(=O)C(=O)C(C)(C)COC(=O)C=CCCN(C)C(=O)[C@@H](Cc3ccccc3)NC(=O)CN(C)C(=O)C(Cc3ccccc3)NC(=O)[C@H](Cc3ccc(OC(=O)N4CCOCC4)cc3)N(C)C(=O)COc3cc(F)cc2c3)cc1OC. The van der Waals surface area contributed by atoms with Gasteiger partial charge in [-0.25, -0.2) is 18.8 Å². The molecule has 522 valence electrons. The molecular weight excluding hydrogens is 1270 g/mol. The zero-order valence-corrected chi connectivity index (χ0v) is 56.4. The summed E-state index contributed by atoms with van der Waals surface area (Å²) in [5.41, 5.74) is 1.11. The van der Waals surface area contributed by atoms with E-state index in [0.717, 1.165) is 44.0 Å². The number of cyclic esters (lactones) is 2. The van der Waals surface area contributed by atoms with Gasteiger partial charge in [-0.15, -0.1) is 0 Å². The van der Waals surface area contributed by atoms with Crippen molar-refractivity contribution in [2.75, 3.05) is 94.5 Å². The fourth-order valence-corrected chi connectivity index (χ4v) is 11.6. The number of Topliss-reactive ketones (excluding diaryl/α,β-unsaturated/α-hetero) is 1. The number of rotatable bonds is 12. The van der Waals surface area contributed by atoms with Crippen LogP contribution in [0.5, 0.6) is 23.0 Å². The molecule has 3 aliphatic heterocycles. The van der Waals surface area contributed by atoms with E-state index in [1.807, 2.05) is 0 Å². The third-order valence-electron chi connectivity index (χ3n) is 17.3. The van der Waals surface area contributed by atoms with Crippen LogP contribution in [-0.4, -0.2) is 202 Å². The molecule has 7 amide bonds. The second-order valence-electron chi connectivity index (χ2n) is 25.0. The first kappa shape index (κ1) is 73.6. The van der Waals surface area contributed by atoms with Gasteiger partial charge < -0.3 is 68.3 Å². The highest BCUT2D eigenvalue weighted by Crippen LogP contribution is 2.34. The maximum Gasteiger partial charge on any atom is 0.415 e. The fraction of sp³-hybridized carbons (Fsp3) is 0.425. The fourth-order valence-electron chi connectivity index (χ4n) is 11.6. The number of carbonyl (C=O) groups excluding carboxylic acids is 10. The molecular formula is C73H86FN7O17. The molecule has 0 radical (unpaired) electrons. The van der Waals surface area contributed by atoms with Gasteiger partial charge in [0.25, 0.3) is 11.8 Å². The van der Waals surface area contributed by atoms with Crippen LogP contribution in [0.3, 0.4) is 0 Å². The summed E-state index contributed by atoms with van der Waals surface area (Å²) in [7, 11) is 7.23. The monoisotopic (exact) mass is 1350 g/mol. The van der Waals surface area contributed by atoms with Gasteiger partial charge >= 0.3 is 18.0 Å². The lowest BCUT2D eigenvalue weighted by molar-refractivity contribution is -0.165. The quantitative estimate of drug-likeness (QED) is 0.104. The number of morpholine rings is 1. The average Bonchev–Trinajstić information content (AvgIpc) is 0.810. The number of esters is 2. The molecule has 24 nitrogen and oxygen atoms in total. The van der Waals surface area contributed by atoms with Gasteiger partial charge in [0.2, 0.25) is 29.4 Å². The molecule has 2 bridgehead atoms. The number of carbonyl (C=O) groups is 10. The van der Waals surface area contributed by atoms with Crippen LogP contribution >= 0.6 is 0 Å². The molecule has 8 rings (SSSR count). The molecule has 5 aromatic rings. The van der Waals surface area contributed by atoms with Gasteiger partial charge in [0.1, 0.15) is 54.2 Å². The van der Waals surface area contributed by atoms with Crippen molar-refractivity contribution >= 4 is 59.3 Å². The molecule has 5 atom stereocenters. The number of benzene rings is 5. The Kier molecular flexibility index (Phi) is 26.4. The first-order valence-electron chi connectivity index (χ1n) is 32.6. The molecule has 2 fully saturated rings. The number of nitrogens with one attached hydrogen (secondary N) is 2. The first-order chi connectivity index (χ1) is 47.0. The highest BCUT2D eigenvalue weighted by atomic mass is 19.1. The molecule has 0 spiro atoms. The summed E-state index contributed by atoms with van der Waals surface area (Å²) >= 11 is 0. The van der Waals surface area contributed by atoms with Gasteiger partial charge in [0, 0.05) is 78.7 Å². The van der Waals surface area contributed by atoms with Gasteiger partial charge in [-0.3, -0.25) is 33.6 Å². The molecule has 1 unspecified atom stereocenters. The summed E-state index contributed by atoms with van der Waals surface area (Å²) in [4.78, 5) is 148. The maximum absolute atomic E-state index is 16.1. The van der Waals surface area contributed by atoms with Crippen LogP contribution in [-0.2, 0) is 83.0 Å². The lowest BCUT2D eigenvalue weighted by Gasteiger charge is -2.36. The van der Waals surface area contributed by atoms with E-state index < -0.39 is 121 Å². The number of hydrogen-bond donors (Lipinski definition) is 2. The molecule has 98 heavy (non-hydrogen) atoms. The topological polar surface area (TPSA) is 276 Å². The summed E-state index contributed by atoms with van der Waals surface area (Å²) in [6, 6.07) is 27.7. The Labute approximate surface area is 569 Å². The standard InChI is InChI=1S/C73H86FN7O17/c1-73(2)47-96-65(84)23-15-16-32-77(3)68(87)56(38-48-18-10-8-11-19-48)75-63(82)45-78(4)69(88)57(39-49-20-12-9-13-21-49)76-67(86)59(40-50-24-28-54(29-25-50)97-72(91)80-34-36-94-37-35-80)79(5)64(83)46-95-55-43-52(42-53(74)44-55)60(30-26-51-27-31-61(92-6)62(41-51)93-7)98-71(90)58-22-14-17-33-81(58)70(89)66(73)85/h8-13,15,18-21,23-25,27-29,31,41-44,56-60H,14,16-17,22,26,30,32-40,45-47H2,1-7H3,(H,75,82)(H,76,86)/t56-,57?,58+,59+,60-/m1/s1. The third kappa shape index (κ3) is 20.7. The molecule has 0 aliphatic carbocycles. The molecule has 2 saturated heterocycles. The number of nitrogens with zero attached hydrogens (tertiary/aromatic N) is 5. The van der Waals surface area contributed by atoms with E-state index in [-0.39, 0.29) is 75.1 Å². The number of methoxy groups -OCH3 is 2. The number of likely N-dealkylation sites (N-methyl/N-ethyl adjacent to an activating group) is 3. The van der Waals surface area contributed by atoms with E-state index in [1.165, 1.54) is 83.3 Å². The highest BCUT2D eigenvalue weighted by molar-refractivity contribution is 6.38. The number of fused-ring (bicyclic) bond motifs is 3. The van der Waals surface area contributed by atoms with Crippen molar-refractivity contribution in [3.8, 4) is 23.0 Å². The number of halogens is 1. The van der Waals surface area contributed by atoms with Crippen molar-refractivity contribution in [1.29, 1.82) is 0 Å². The van der Waals surface area contributed by atoms with Crippen molar-refractivity contribution in [3.63, 3.8) is 0 Å². The number of hydrogen-bond acceptors (Lipinski definition) is 17. The number of aryl methyl sites for hydroxylation is 1. The lowest BCUT2D eigenvalue weighted by atomic mass is 9.87. The average molecular weight is 1350 g/mol. The predicted molar refractivity (Wildman–Crippen MR) is 356 cm³/mol. The van der Waals surface area contributed by atoms with E-state index in [1.54, 1.807) is 91.0 Å². The Morgan fingerprint density at radius 2 is 1.31 bits per heavy atom. The molecule has 3 aliphatic rings. The number of ether oxygens (including phenoxy) is 7. The first-order valence-corrected chi connectivity index (χ1v) is 32.6. The van der Waals surface area contributed by atoms with E-state index in [9.17, 15) is 43.2 Å². The van der Waals surface area contributed by atoms with Crippen LogP contribution in [0.15, 0.2) is 133 Å². The summed E-state index contributed by atoms with van der Waals surface area (Å²) in [5.74, 6) is -7.03. The Bertz CT molecular complexity index is 3660. The van der Waals surface area contributed by atoms with Gasteiger partial charge in [-0.2, -0.15) is 0 Å². The molecule has 0 aromatic heterocycles. The highest BCUT2D eigenvalue weighted by Gasteiger charge is 2.43. The van der Waals surface area contributed by atoms with Gasteiger partial charge in [-0.1, -0.05) is 84.9 Å². The van der Waals surface area contributed by atoms with Crippen molar-refractivity contribution in [2.45, 2.75) is 102 Å². The van der Waals surface area contributed by atoms with Crippen molar-refractivity contribution < 1.29 is 85.5 Å². The van der Waals surface area contributed by atoms with E-state index in [4.69, 9.17) is 33.2 Å². The minimum Gasteiger partial charge on any atom is -0.493 e. The minimum atomic E-state index is -1.57. The lowest BCUT2D eigenvalue weighted by Crippen LogP contribution is -2.57. The summed E-state index contributed by atoms with van der Waals surface area (Å²) < 4.78 is 55.9. The van der Waals surface area contributed by atoms with Crippen molar-refractivity contribution in [3.05, 3.63) is 167 Å². The Hall–Kier alpha value is -10.2. The smallest absolute Gasteiger partial charge is 0.415 e. The Balaban J connectivity index is 1.13. The van der Waals surface area contributed by atoms with Crippen molar-refractivity contribution in [1.82, 2.24) is 35.1 Å². The summed E-state index contributed by atoms with van der Waals surface area (Å²) in [5, 5.41) is 5.67. The van der Waals surface area contributed by atoms with Crippen LogP contribution < -0.4 is 29.6 Å². The normalized spacial score (nSPS) is 21.2. The zero-order chi connectivity index (χ0) is 70.5. The third-order valence-corrected chi connectivity index (χ3v) is 17.3. The minimum absolute atomic E-state index is 0.0153. The zero-order valence-electron chi connectivity index (χ0n) is 56.4. The summed E-state index contributed by atoms with van der Waals surface area (Å²) in [6.07, 6.45) is 2.09. The van der Waals surface area contributed by atoms with Gasteiger partial charge in [-0.05, 0) is 117 Å². The Morgan fingerprint density at radius 3 is 1.97 bits per heavy atom. The van der Waals surface area contributed by atoms with E-state index in [0.29, 0.717) is 61.8 Å². The van der Waals surface area contributed by atoms with Gasteiger partial charge in [0.15, 0.2) is 18.1 Å². The largest absolute Gasteiger partial charge is 0.493 e. The van der Waals surface area contributed by atoms with Crippen LogP contribution in [0.2, 0.25) is 0 Å². The van der Waals surface area contributed by atoms with Crippen LogP contribution in [0, 0.1) is 11.2 Å². The molecule has 3 heterocycles. The van der Waals surface area contributed by atoms with Gasteiger partial charge in [0.05, 0.1) is 39.4 Å². The predicted octanol–water partition coefficient (Wildman–Crippen LogP) is 6.19. The number of ketones is 1. The summed E-state index contributed by atoms with van der Waals surface area (Å²) in [6.45, 7) is 2.51. The maximum atomic E-state index is 16.1. The second-order valence-corrected chi connectivity index (χ2v) is 25.0. The number of piperidine rings is 1. The molecule has 0 saturated carbocycles. The molecule has 25 heteroatoms. The number of amides is 7. The molecule has 2 N–H and O–H groups in total. The van der Waals surface area contributed by atoms with Crippen LogP contribution in [0.4, 0.5) is 9.18 Å².